The van der Waals surface area contributed by atoms with Gasteiger partial charge < -0.3 is 20.3 Å². The number of rotatable bonds is 17. The van der Waals surface area contributed by atoms with Crippen LogP contribution in [0.5, 0.6) is 0 Å². The Morgan fingerprint density at radius 3 is 2.31 bits per heavy atom. The van der Waals surface area contributed by atoms with Crippen LogP contribution in [0, 0.1) is 0 Å². The molecule has 2 aliphatic rings. The molecule has 1 atom stereocenters. The van der Waals surface area contributed by atoms with Crippen molar-refractivity contribution in [1.82, 2.24) is 15.7 Å². The first-order valence-electron chi connectivity index (χ1n) is 15.9. The minimum atomic E-state index is -1.05. The molecule has 0 spiro atoms. The smallest absolute Gasteiger partial charge is 0.264 e. The van der Waals surface area contributed by atoms with Crippen LogP contribution >= 0.6 is 0 Å². The summed E-state index contributed by atoms with van der Waals surface area (Å²) in [4.78, 5) is 88.3. The van der Waals surface area contributed by atoms with Gasteiger partial charge in [0.2, 0.25) is 29.5 Å². The first kappa shape index (κ1) is 35.7. The van der Waals surface area contributed by atoms with E-state index in [2.05, 4.69) is 16.0 Å². The molecule has 1 fully saturated rings. The van der Waals surface area contributed by atoms with Crippen molar-refractivity contribution in [3.63, 3.8) is 0 Å². The number of carbonyl (C=O) groups excluding carboxylic acids is 7. The predicted molar refractivity (Wildman–Crippen MR) is 173 cm³/mol. The Labute approximate surface area is 277 Å². The van der Waals surface area contributed by atoms with E-state index in [1.54, 1.807) is 48.9 Å². The van der Waals surface area contributed by atoms with E-state index in [1.165, 1.54) is 11.0 Å². The lowest BCUT2D eigenvalue weighted by Crippen LogP contribution is -2.54. The molecule has 15 nitrogen and oxygen atoms in total. The van der Waals surface area contributed by atoms with Gasteiger partial charge in [0.15, 0.2) is 0 Å². The average molecular weight is 665 g/mol. The molecule has 2 aromatic carbocycles. The fourth-order valence-electron chi connectivity index (χ4n) is 5.47. The number of benzene rings is 2. The predicted octanol–water partition coefficient (Wildman–Crippen LogP) is 2.35. The molecule has 7 amide bonds. The summed E-state index contributed by atoms with van der Waals surface area (Å²) >= 11 is 0. The number of hydrogen-bond acceptors (Lipinski definition) is 10. The average Bonchev–Trinajstić information content (AvgIpc) is 3.33. The summed E-state index contributed by atoms with van der Waals surface area (Å²) in [6.45, 7) is 0.660. The normalized spacial score (nSPS) is 15.5. The molecule has 0 saturated carbocycles. The van der Waals surface area contributed by atoms with Gasteiger partial charge in [0.05, 0.1) is 30.8 Å². The van der Waals surface area contributed by atoms with Gasteiger partial charge in [-0.15, -0.1) is 0 Å². The maximum atomic E-state index is 13.2. The van der Waals surface area contributed by atoms with Crippen LogP contribution in [0.25, 0.3) is 0 Å². The molecule has 0 bridgehead atoms. The molecule has 0 aromatic heterocycles. The molecule has 4 rings (SSSR count). The highest BCUT2D eigenvalue weighted by Gasteiger charge is 2.45. The Hall–Kier alpha value is -5.15. The summed E-state index contributed by atoms with van der Waals surface area (Å²) in [5.74, 6) is -3.02. The standard InChI is InChI=1S/C33H40N6O9/c1-38(22-13-11-21(12-14-22)35-26(40)9-4-2-3-5-10-28(42)37-47)29(43)17-19-48-20-18-34-24-8-6-7-23-30(24)33(46)39(32(23)45)25-15-16-27(41)36-31(25)44/h6-8,11-14,25,34,47H,2-5,9-10,15-20H2,1H3,(H,35,40)(H,37,42)(H,36,41,44). The molecule has 0 radical (unpaired) electrons. The molecule has 1 unspecified atom stereocenters. The van der Waals surface area contributed by atoms with Crippen LogP contribution in [0.4, 0.5) is 17.1 Å². The highest BCUT2D eigenvalue weighted by Crippen LogP contribution is 2.32. The second-order valence-corrected chi connectivity index (χ2v) is 11.5. The second-order valence-electron chi connectivity index (χ2n) is 11.5. The van der Waals surface area contributed by atoms with Gasteiger partial charge in [-0.1, -0.05) is 18.9 Å². The van der Waals surface area contributed by atoms with Gasteiger partial charge in [0.25, 0.3) is 11.8 Å². The molecule has 15 heteroatoms. The zero-order chi connectivity index (χ0) is 34.6. The van der Waals surface area contributed by atoms with Crippen LogP contribution in [0.2, 0.25) is 0 Å². The summed E-state index contributed by atoms with van der Waals surface area (Å²) in [5.41, 5.74) is 3.61. The van der Waals surface area contributed by atoms with Crippen LogP contribution in [0.1, 0.15) is 78.5 Å². The number of hydrogen-bond donors (Lipinski definition) is 5. The number of imide groups is 2. The van der Waals surface area contributed by atoms with Crippen LogP contribution < -0.4 is 26.3 Å². The molecule has 2 aliphatic heterocycles. The van der Waals surface area contributed by atoms with Crippen molar-refractivity contribution >= 4 is 58.4 Å². The zero-order valence-corrected chi connectivity index (χ0v) is 26.7. The van der Waals surface area contributed by atoms with Gasteiger partial charge in [-0.05, 0) is 55.7 Å². The monoisotopic (exact) mass is 664 g/mol. The molecule has 5 N–H and O–H groups in total. The minimum Gasteiger partial charge on any atom is -0.382 e. The second kappa shape index (κ2) is 17.1. The summed E-state index contributed by atoms with van der Waals surface area (Å²) in [5, 5.41) is 16.6. The van der Waals surface area contributed by atoms with Crippen molar-refractivity contribution in [3.8, 4) is 0 Å². The number of nitrogens with one attached hydrogen (secondary N) is 4. The van der Waals surface area contributed by atoms with E-state index in [4.69, 9.17) is 9.94 Å². The Morgan fingerprint density at radius 2 is 1.62 bits per heavy atom. The number of fused-ring (bicyclic) bond motifs is 1. The maximum absolute atomic E-state index is 13.2. The number of piperidine rings is 1. The van der Waals surface area contributed by atoms with Crippen molar-refractivity contribution in [2.75, 3.05) is 42.3 Å². The summed E-state index contributed by atoms with van der Waals surface area (Å²) < 4.78 is 5.62. The summed E-state index contributed by atoms with van der Waals surface area (Å²) in [6.07, 6.45) is 3.73. The summed E-state index contributed by atoms with van der Waals surface area (Å²) in [7, 11) is 1.65. The Kier molecular flexibility index (Phi) is 12.7. The first-order chi connectivity index (χ1) is 23.1. The highest BCUT2D eigenvalue weighted by atomic mass is 16.5. The van der Waals surface area contributed by atoms with E-state index in [0.29, 0.717) is 36.3 Å². The lowest BCUT2D eigenvalue weighted by atomic mass is 10.0. The molecule has 0 aliphatic carbocycles. The number of amides is 7. The van der Waals surface area contributed by atoms with Gasteiger partial charge in [-0.3, -0.25) is 49.0 Å². The third kappa shape index (κ3) is 9.23. The molecule has 256 valence electrons. The lowest BCUT2D eigenvalue weighted by Gasteiger charge is -2.27. The third-order valence-electron chi connectivity index (χ3n) is 8.09. The van der Waals surface area contributed by atoms with E-state index in [0.717, 1.165) is 17.7 Å². The van der Waals surface area contributed by atoms with Crippen molar-refractivity contribution in [3.05, 3.63) is 53.6 Å². The van der Waals surface area contributed by atoms with Gasteiger partial charge in [-0.2, -0.15) is 0 Å². The number of hydroxylamine groups is 1. The lowest BCUT2D eigenvalue weighted by molar-refractivity contribution is -0.136. The number of unbranched alkanes of at least 4 members (excludes halogenated alkanes) is 3. The third-order valence-corrected chi connectivity index (χ3v) is 8.09. The number of nitrogens with zero attached hydrogens (tertiary/aromatic N) is 2. The van der Waals surface area contributed by atoms with Gasteiger partial charge in [-0.25, -0.2) is 5.48 Å². The number of anilines is 3. The van der Waals surface area contributed by atoms with E-state index in [-0.39, 0.29) is 68.4 Å². The van der Waals surface area contributed by atoms with Crippen LogP contribution in [-0.4, -0.2) is 84.3 Å². The zero-order valence-electron chi connectivity index (χ0n) is 26.7. The van der Waals surface area contributed by atoms with E-state index in [1.807, 2.05) is 0 Å². The Morgan fingerprint density at radius 1 is 0.917 bits per heavy atom. The van der Waals surface area contributed by atoms with Gasteiger partial charge in [0, 0.05) is 49.9 Å². The number of ether oxygens (including phenoxy) is 1. The molecule has 2 aromatic rings. The fraction of sp³-hybridized carbons (Fsp3) is 0.424. The summed E-state index contributed by atoms with van der Waals surface area (Å²) in [6, 6.07) is 10.7. The first-order valence-corrected chi connectivity index (χ1v) is 15.9. The fourth-order valence-corrected chi connectivity index (χ4v) is 5.47. The quantitative estimate of drug-likeness (QED) is 0.0723. The van der Waals surface area contributed by atoms with E-state index in [9.17, 15) is 33.6 Å². The van der Waals surface area contributed by atoms with Crippen molar-refractivity contribution in [1.29, 1.82) is 0 Å². The SMILES string of the molecule is CN(C(=O)CCOCCNc1cccc2c1C(=O)N(C1CCC(=O)NC1=O)C2=O)c1ccc(NC(=O)CCCCCCC(=O)NO)cc1. The molecule has 2 heterocycles. The molecule has 48 heavy (non-hydrogen) atoms. The van der Waals surface area contributed by atoms with E-state index < -0.39 is 35.6 Å². The van der Waals surface area contributed by atoms with Crippen LogP contribution in [-0.2, 0) is 28.7 Å². The topological polar surface area (TPSA) is 204 Å². The Balaban J connectivity index is 1.14. The number of carbonyl (C=O) groups is 7. The van der Waals surface area contributed by atoms with Crippen LogP contribution in [0.15, 0.2) is 42.5 Å². The van der Waals surface area contributed by atoms with Gasteiger partial charge in [0.1, 0.15) is 6.04 Å². The van der Waals surface area contributed by atoms with E-state index >= 15 is 0 Å². The van der Waals surface area contributed by atoms with Crippen LogP contribution in [0.3, 0.4) is 0 Å². The highest BCUT2D eigenvalue weighted by molar-refractivity contribution is 6.25. The molecular weight excluding hydrogens is 624 g/mol. The minimum absolute atomic E-state index is 0.0391. The largest absolute Gasteiger partial charge is 0.382 e. The molecular formula is C33H40N6O9. The van der Waals surface area contributed by atoms with Crippen molar-refractivity contribution in [2.45, 2.75) is 63.8 Å². The molecule has 1 saturated heterocycles. The van der Waals surface area contributed by atoms with Gasteiger partial charge >= 0.3 is 0 Å². The Bertz CT molecular complexity index is 1540. The maximum Gasteiger partial charge on any atom is 0.264 e. The van der Waals surface area contributed by atoms with Crippen molar-refractivity contribution < 1.29 is 43.5 Å². The van der Waals surface area contributed by atoms with Crippen molar-refractivity contribution in [2.24, 2.45) is 0 Å².